The van der Waals surface area contributed by atoms with Crippen LogP contribution in [0, 0.1) is 0 Å². The van der Waals surface area contributed by atoms with E-state index < -0.39 is 46.0 Å². The highest BCUT2D eigenvalue weighted by Crippen LogP contribution is 2.57. The highest BCUT2D eigenvalue weighted by Gasteiger charge is 2.88. The topological polar surface area (TPSA) is 67.3 Å². The van der Waals surface area contributed by atoms with Crippen LogP contribution in [-0.2, 0) is 10.1 Å². The number of rotatable bonds is 5. The molecule has 0 aliphatic rings. The lowest BCUT2D eigenvalue weighted by molar-refractivity contribution is -0.386. The largest absolute Gasteiger partial charge is 0.438 e. The summed E-state index contributed by atoms with van der Waals surface area (Å²) in [6, 6.07) is 5.72. The zero-order chi connectivity index (χ0) is 21.2. The number of hydrogen-bond donors (Lipinski definition) is 1. The van der Waals surface area contributed by atoms with Gasteiger partial charge in [-0.3, -0.25) is 9.54 Å². The van der Waals surface area contributed by atoms with E-state index in [1.165, 1.54) is 0 Å². The molecule has 1 N–H and O–H groups in total. The Morgan fingerprint density at radius 3 is 1.31 bits per heavy atom. The number of aromatic nitrogens is 1. The molecule has 152 valence electrons. The molecule has 0 aliphatic heterocycles. The van der Waals surface area contributed by atoms with Crippen molar-refractivity contribution in [2.45, 2.75) is 35.9 Å². The number of hydrogen-bond acceptors (Lipinski definition) is 3. The van der Waals surface area contributed by atoms with E-state index in [-0.39, 0.29) is 0 Å². The minimum absolute atomic E-state index is 0.970. The zero-order valence-corrected chi connectivity index (χ0v) is 13.1. The summed E-state index contributed by atoms with van der Waals surface area (Å²) in [5, 5.41) is -7.13. The van der Waals surface area contributed by atoms with Gasteiger partial charge in [0.25, 0.3) is 0 Å². The van der Waals surface area contributed by atoms with Gasteiger partial charge in [0.15, 0.2) is 0 Å². The summed E-state index contributed by atoms with van der Waals surface area (Å²) in [4.78, 5) is 3.78. The quantitative estimate of drug-likeness (QED) is 0.570. The molecule has 0 aliphatic carbocycles. The first-order valence-corrected chi connectivity index (χ1v) is 7.40. The van der Waals surface area contributed by atoms with Crippen molar-refractivity contribution in [1.82, 2.24) is 4.98 Å². The molecule has 0 saturated carbocycles. The lowest BCUT2D eigenvalue weighted by atomic mass is 10.00. The van der Waals surface area contributed by atoms with E-state index in [1.54, 1.807) is 12.4 Å². The van der Waals surface area contributed by atoms with Gasteiger partial charge in [0.05, 0.1) is 0 Å². The van der Waals surface area contributed by atoms with Crippen LogP contribution in [0.1, 0.15) is 6.92 Å². The summed E-state index contributed by atoms with van der Waals surface area (Å²) in [6.45, 7) is -0.970. The molecule has 0 spiro atoms. The van der Waals surface area contributed by atoms with E-state index in [2.05, 4.69) is 4.98 Å². The molecule has 1 aromatic rings. The van der Waals surface area contributed by atoms with Gasteiger partial charge in [0.1, 0.15) is 0 Å². The predicted octanol–water partition coefficient (Wildman–Crippen LogP) is 4.11. The molecule has 1 heterocycles. The van der Waals surface area contributed by atoms with Crippen LogP contribution in [0.4, 0.5) is 43.9 Å². The molecule has 4 nitrogen and oxygen atoms in total. The second kappa shape index (κ2) is 7.17. The average molecular weight is 425 g/mol. The molecule has 0 aromatic carbocycles. The van der Waals surface area contributed by atoms with Gasteiger partial charge in [-0.2, -0.15) is 52.3 Å². The van der Waals surface area contributed by atoms with Crippen molar-refractivity contribution in [3.8, 4) is 0 Å². The highest BCUT2D eigenvalue weighted by molar-refractivity contribution is 7.87. The zero-order valence-electron chi connectivity index (χ0n) is 12.3. The molecule has 0 saturated heterocycles. The van der Waals surface area contributed by atoms with E-state index in [1.807, 2.05) is 18.2 Å². The molecule has 26 heavy (non-hydrogen) atoms. The molecular formula is C11H9F10NO3S. The van der Waals surface area contributed by atoms with Gasteiger partial charge in [-0.15, -0.1) is 0 Å². The Hall–Kier alpha value is -1.64. The predicted molar refractivity (Wildman–Crippen MR) is 66.2 cm³/mol. The van der Waals surface area contributed by atoms with Crippen LogP contribution in [0.2, 0.25) is 0 Å². The molecule has 0 bridgehead atoms. The van der Waals surface area contributed by atoms with Crippen molar-refractivity contribution in [2.75, 3.05) is 0 Å². The number of halogens is 10. The van der Waals surface area contributed by atoms with Crippen molar-refractivity contribution in [3.63, 3.8) is 0 Å². The lowest BCUT2D eigenvalue weighted by Crippen LogP contribution is -2.68. The summed E-state index contributed by atoms with van der Waals surface area (Å²) in [7, 11) is -7.29. The fourth-order valence-electron chi connectivity index (χ4n) is 1.13. The molecule has 15 heteroatoms. The fourth-order valence-corrected chi connectivity index (χ4v) is 1.58. The standard InChI is InChI=1S/C6H4F10O3S.C5H5N/c1-2(7,8)3(9,10)4(11,12)5(13,14)6(15,16)20(17,18)19;1-2-4-6-5-3-1/h1H3,(H,17,18,19);1-5H. The molecule has 0 radical (unpaired) electrons. The van der Waals surface area contributed by atoms with Gasteiger partial charge in [-0.05, 0) is 12.1 Å². The Morgan fingerprint density at radius 1 is 0.731 bits per heavy atom. The number of alkyl halides is 10. The van der Waals surface area contributed by atoms with Gasteiger partial charge < -0.3 is 0 Å². The smallest absolute Gasteiger partial charge is 0.281 e. The Balaban J connectivity index is 0.000000867. The number of nitrogens with zero attached hydrogens (tertiary/aromatic N) is 1. The second-order valence-electron chi connectivity index (χ2n) is 4.63. The molecule has 0 unspecified atom stereocenters. The maximum absolute atomic E-state index is 12.7. The first-order chi connectivity index (χ1) is 11.2. The summed E-state index contributed by atoms with van der Waals surface area (Å²) in [5.74, 6) is -27.9. The third-order valence-corrected chi connectivity index (χ3v) is 3.50. The fraction of sp³-hybridized carbons (Fsp3) is 0.545. The highest BCUT2D eigenvalue weighted by atomic mass is 32.2. The molecule has 1 aromatic heterocycles. The third kappa shape index (κ3) is 4.19. The van der Waals surface area contributed by atoms with Crippen LogP contribution in [0.15, 0.2) is 30.6 Å². The Morgan fingerprint density at radius 2 is 1.12 bits per heavy atom. The van der Waals surface area contributed by atoms with Crippen LogP contribution >= 0.6 is 0 Å². The van der Waals surface area contributed by atoms with E-state index in [4.69, 9.17) is 4.55 Å². The van der Waals surface area contributed by atoms with Crippen molar-refractivity contribution < 1.29 is 56.9 Å². The molecule has 1 rings (SSSR count). The van der Waals surface area contributed by atoms with Gasteiger partial charge in [-0.1, -0.05) is 6.07 Å². The summed E-state index contributed by atoms with van der Waals surface area (Å²) < 4.78 is 152. The van der Waals surface area contributed by atoms with Crippen LogP contribution in [0.25, 0.3) is 0 Å². The van der Waals surface area contributed by atoms with Crippen molar-refractivity contribution in [1.29, 1.82) is 0 Å². The molecule has 0 amide bonds. The van der Waals surface area contributed by atoms with Gasteiger partial charge >= 0.3 is 39.1 Å². The van der Waals surface area contributed by atoms with Crippen LogP contribution in [0.5, 0.6) is 0 Å². The van der Waals surface area contributed by atoms with E-state index >= 15 is 0 Å². The minimum Gasteiger partial charge on any atom is -0.281 e. The lowest BCUT2D eigenvalue weighted by Gasteiger charge is -2.37. The monoisotopic (exact) mass is 425 g/mol. The summed E-state index contributed by atoms with van der Waals surface area (Å²) >= 11 is 0. The van der Waals surface area contributed by atoms with E-state index in [0.29, 0.717) is 0 Å². The molecular weight excluding hydrogens is 416 g/mol. The Labute approximate surface area is 139 Å². The molecule has 0 fully saturated rings. The Kier molecular flexibility index (Phi) is 6.72. The van der Waals surface area contributed by atoms with E-state index in [0.717, 1.165) is 0 Å². The van der Waals surface area contributed by atoms with Crippen molar-refractivity contribution >= 4 is 10.1 Å². The third-order valence-electron chi connectivity index (χ3n) is 2.60. The first kappa shape index (κ1) is 24.4. The van der Waals surface area contributed by atoms with E-state index in [9.17, 15) is 52.3 Å². The van der Waals surface area contributed by atoms with Crippen LogP contribution < -0.4 is 0 Å². The summed E-state index contributed by atoms with van der Waals surface area (Å²) in [5.41, 5.74) is 0. The second-order valence-corrected chi connectivity index (χ2v) is 6.09. The maximum atomic E-state index is 12.7. The van der Waals surface area contributed by atoms with Crippen molar-refractivity contribution in [2.24, 2.45) is 0 Å². The van der Waals surface area contributed by atoms with Crippen LogP contribution in [0.3, 0.4) is 0 Å². The maximum Gasteiger partial charge on any atom is 0.438 e. The molecule has 0 atom stereocenters. The van der Waals surface area contributed by atoms with Gasteiger partial charge in [-0.25, -0.2) is 0 Å². The first-order valence-electron chi connectivity index (χ1n) is 5.96. The Bertz CT molecular complexity index is 661. The van der Waals surface area contributed by atoms with Crippen molar-refractivity contribution in [3.05, 3.63) is 30.6 Å². The SMILES string of the molecule is CC(F)(F)C(F)(F)C(F)(F)C(F)(F)C(F)(F)S(=O)(=O)O.c1ccncc1. The van der Waals surface area contributed by atoms with Gasteiger partial charge in [0.2, 0.25) is 0 Å². The van der Waals surface area contributed by atoms with Crippen LogP contribution in [-0.4, -0.2) is 46.9 Å². The number of pyridine rings is 1. The minimum atomic E-state index is -7.52. The average Bonchev–Trinajstić information content (AvgIpc) is 2.46. The normalized spacial score (nSPS) is 14.5. The van der Waals surface area contributed by atoms with Gasteiger partial charge in [0, 0.05) is 19.3 Å². The summed E-state index contributed by atoms with van der Waals surface area (Å²) in [6.07, 6.45) is 3.50.